The molecule has 0 aliphatic heterocycles. The molecule has 0 saturated heterocycles. The molecule has 1 unspecified atom stereocenters. The van der Waals surface area contributed by atoms with Gasteiger partial charge >= 0.3 is 17.9 Å². The Balaban J connectivity index is 2.26. The minimum atomic E-state index is -4.44. The van der Waals surface area contributed by atoms with Crippen molar-refractivity contribution in [3.8, 4) is 5.75 Å². The van der Waals surface area contributed by atoms with Gasteiger partial charge in [-0.2, -0.15) is 17.6 Å². The molecule has 0 saturated carbocycles. The number of fused-ring (bicyclic) bond motifs is 2. The molecule has 4 nitrogen and oxygen atoms in total. The van der Waals surface area contributed by atoms with Crippen LogP contribution in [-0.2, 0) is 16.6 Å². The van der Waals surface area contributed by atoms with Gasteiger partial charge in [-0.05, 0) is 36.2 Å². The molecule has 1 aliphatic carbocycles. The average Bonchev–Trinajstić information content (AvgIpc) is 2.72. The van der Waals surface area contributed by atoms with Crippen LogP contribution in [0.5, 0.6) is 5.75 Å². The number of ether oxygens (including phenoxy) is 2. The number of benzene rings is 2. The van der Waals surface area contributed by atoms with Gasteiger partial charge < -0.3 is 14.8 Å². The monoisotopic (exact) mass is 397 g/mol. The third-order valence-corrected chi connectivity index (χ3v) is 4.75. The number of alkyl carbamates (subject to hydrolysis) is 1. The number of carbonyl (C=O) groups excluding carboxylic acids is 1. The summed E-state index contributed by atoms with van der Waals surface area (Å²) in [6, 6.07) is 8.67. The lowest BCUT2D eigenvalue weighted by Gasteiger charge is -2.27. The number of hydrogen-bond donors (Lipinski definition) is 1. The van der Waals surface area contributed by atoms with Gasteiger partial charge in [-0.1, -0.05) is 24.3 Å². The molecule has 1 N–H and O–H groups in total. The van der Waals surface area contributed by atoms with E-state index >= 15 is 0 Å². The summed E-state index contributed by atoms with van der Waals surface area (Å²) >= 11 is 0. The number of halogens is 4. The third-order valence-electron chi connectivity index (χ3n) is 4.75. The number of alkyl halides is 4. The van der Waals surface area contributed by atoms with Gasteiger partial charge in [-0.3, -0.25) is 0 Å². The van der Waals surface area contributed by atoms with Gasteiger partial charge in [0.15, 0.2) is 0 Å². The van der Waals surface area contributed by atoms with Gasteiger partial charge in [0.05, 0.1) is 13.7 Å². The van der Waals surface area contributed by atoms with Crippen LogP contribution in [0.25, 0.3) is 0 Å². The third kappa shape index (κ3) is 3.16. The van der Waals surface area contributed by atoms with Crippen molar-refractivity contribution in [1.29, 1.82) is 0 Å². The van der Waals surface area contributed by atoms with Gasteiger partial charge in [0, 0.05) is 23.6 Å². The first kappa shape index (κ1) is 20.0. The van der Waals surface area contributed by atoms with E-state index in [1.807, 2.05) is 0 Å². The van der Waals surface area contributed by atoms with Gasteiger partial charge in [-0.25, -0.2) is 4.79 Å². The molecule has 28 heavy (non-hydrogen) atoms. The summed E-state index contributed by atoms with van der Waals surface area (Å²) < 4.78 is 69.6. The second-order valence-electron chi connectivity index (χ2n) is 6.34. The largest absolute Gasteiger partial charge is 0.494 e. The van der Waals surface area contributed by atoms with Crippen LogP contribution >= 0.6 is 0 Å². The predicted octanol–water partition coefficient (Wildman–Crippen LogP) is 4.77. The molecule has 0 heterocycles. The minimum absolute atomic E-state index is 0.0102. The van der Waals surface area contributed by atoms with E-state index in [0.29, 0.717) is 0 Å². The van der Waals surface area contributed by atoms with Crippen LogP contribution in [0.15, 0.2) is 42.5 Å². The normalized spacial score (nSPS) is 19.0. The molecule has 2 aromatic rings. The maximum atomic E-state index is 15.0. The fraction of sp³-hybridized carbons (Fsp3) is 0.350. The Hall–Kier alpha value is -2.77. The summed E-state index contributed by atoms with van der Waals surface area (Å²) in [4.78, 5) is 11.5. The molecule has 3 rings (SSSR count). The predicted molar refractivity (Wildman–Crippen MR) is 94.1 cm³/mol. The van der Waals surface area contributed by atoms with Crippen LogP contribution in [0, 0.1) is 0 Å². The summed E-state index contributed by atoms with van der Waals surface area (Å²) in [6.07, 6.45) is -0.789. The topological polar surface area (TPSA) is 47.6 Å². The first-order valence-electron chi connectivity index (χ1n) is 8.68. The number of methoxy groups -OCH3 is 1. The van der Waals surface area contributed by atoms with Crippen molar-refractivity contribution in [3.63, 3.8) is 0 Å². The van der Waals surface area contributed by atoms with Crippen LogP contribution in [0.3, 0.4) is 0 Å². The molecule has 1 atom stereocenters. The Labute approximate surface area is 159 Å². The quantitative estimate of drug-likeness (QED) is 0.756. The number of rotatable bonds is 4. The Morgan fingerprint density at radius 1 is 1.04 bits per heavy atom. The van der Waals surface area contributed by atoms with Crippen molar-refractivity contribution in [2.45, 2.75) is 24.7 Å². The van der Waals surface area contributed by atoms with E-state index in [-0.39, 0.29) is 30.0 Å². The fourth-order valence-corrected chi connectivity index (χ4v) is 3.44. The molecule has 0 bridgehead atoms. The molecule has 1 amide bonds. The van der Waals surface area contributed by atoms with E-state index in [0.717, 1.165) is 19.2 Å². The van der Waals surface area contributed by atoms with Crippen LogP contribution in [0.4, 0.5) is 22.4 Å². The molecule has 1 aliphatic rings. The summed E-state index contributed by atoms with van der Waals surface area (Å²) in [5.74, 6) is -9.53. The Morgan fingerprint density at radius 2 is 1.68 bits per heavy atom. The number of amides is 1. The molecule has 0 spiro atoms. The Morgan fingerprint density at radius 3 is 2.32 bits per heavy atom. The molecular formula is C20H19F4NO3. The standard InChI is InChI=1S/C20H19F4NO3/c1-3-28-12-8-9-17-14(10-12)15(11-25-18(26)27-2)13-6-4-5-7-16(13)19(21,22)20(17,23)24/h4-10,15H,3,11H2,1-2H3,(H,25,26). The Bertz CT molecular complexity index is 886. The number of carbonyl (C=O) groups is 1. The summed E-state index contributed by atoms with van der Waals surface area (Å²) in [5.41, 5.74) is -1.59. The highest BCUT2D eigenvalue weighted by molar-refractivity contribution is 5.67. The van der Waals surface area contributed by atoms with Gasteiger partial charge in [0.2, 0.25) is 0 Å². The zero-order valence-corrected chi connectivity index (χ0v) is 15.3. The van der Waals surface area contributed by atoms with Crippen molar-refractivity contribution in [3.05, 3.63) is 64.7 Å². The highest BCUT2D eigenvalue weighted by atomic mass is 19.3. The highest BCUT2D eigenvalue weighted by Crippen LogP contribution is 2.56. The molecule has 0 fully saturated rings. The summed E-state index contributed by atoms with van der Waals surface area (Å²) in [7, 11) is 1.15. The lowest BCUT2D eigenvalue weighted by Crippen LogP contribution is -2.35. The van der Waals surface area contributed by atoms with E-state index in [1.165, 1.54) is 30.3 Å². The average molecular weight is 397 g/mol. The van der Waals surface area contributed by atoms with Gasteiger partial charge in [-0.15, -0.1) is 0 Å². The van der Waals surface area contributed by atoms with E-state index in [9.17, 15) is 22.4 Å². The maximum absolute atomic E-state index is 15.0. The molecule has 0 radical (unpaired) electrons. The lowest BCUT2D eigenvalue weighted by molar-refractivity contribution is -0.223. The van der Waals surface area contributed by atoms with Crippen molar-refractivity contribution >= 4 is 6.09 Å². The second kappa shape index (κ2) is 7.33. The van der Waals surface area contributed by atoms with E-state index < -0.39 is 35.0 Å². The van der Waals surface area contributed by atoms with Crippen molar-refractivity contribution in [1.82, 2.24) is 5.32 Å². The van der Waals surface area contributed by atoms with E-state index in [4.69, 9.17) is 4.74 Å². The van der Waals surface area contributed by atoms with Crippen LogP contribution in [0.2, 0.25) is 0 Å². The molecule has 150 valence electrons. The summed E-state index contributed by atoms with van der Waals surface area (Å²) in [6.45, 7) is 1.81. The molecule has 0 aromatic heterocycles. The smallest absolute Gasteiger partial charge is 0.406 e. The number of nitrogens with one attached hydrogen (secondary N) is 1. The van der Waals surface area contributed by atoms with Crippen molar-refractivity contribution in [2.75, 3.05) is 20.3 Å². The summed E-state index contributed by atoms with van der Waals surface area (Å²) in [5, 5.41) is 2.43. The first-order valence-corrected chi connectivity index (χ1v) is 8.68. The molecule has 2 aromatic carbocycles. The van der Waals surface area contributed by atoms with E-state index in [1.54, 1.807) is 6.92 Å². The molecular weight excluding hydrogens is 378 g/mol. The first-order chi connectivity index (χ1) is 13.2. The van der Waals surface area contributed by atoms with Crippen molar-refractivity contribution in [2.24, 2.45) is 0 Å². The van der Waals surface area contributed by atoms with Gasteiger partial charge in [0.1, 0.15) is 5.75 Å². The van der Waals surface area contributed by atoms with E-state index in [2.05, 4.69) is 10.1 Å². The molecule has 8 heteroatoms. The Kier molecular flexibility index (Phi) is 5.23. The van der Waals surface area contributed by atoms with Crippen LogP contribution < -0.4 is 10.1 Å². The maximum Gasteiger partial charge on any atom is 0.406 e. The van der Waals surface area contributed by atoms with Gasteiger partial charge in [0.25, 0.3) is 0 Å². The highest BCUT2D eigenvalue weighted by Gasteiger charge is 2.62. The lowest BCUT2D eigenvalue weighted by atomic mass is 9.87. The number of hydrogen-bond acceptors (Lipinski definition) is 3. The minimum Gasteiger partial charge on any atom is -0.494 e. The fourth-order valence-electron chi connectivity index (χ4n) is 3.44. The second-order valence-corrected chi connectivity index (χ2v) is 6.34. The van der Waals surface area contributed by atoms with Crippen LogP contribution in [0.1, 0.15) is 35.1 Å². The zero-order chi connectivity index (χ0) is 20.5. The van der Waals surface area contributed by atoms with Crippen molar-refractivity contribution < 1.29 is 31.8 Å². The SMILES string of the molecule is CCOc1ccc2c(c1)C(CNC(=O)OC)c1ccccc1C(F)(F)C2(F)F. The zero-order valence-electron chi connectivity index (χ0n) is 15.3. The van der Waals surface area contributed by atoms with Crippen LogP contribution in [-0.4, -0.2) is 26.4 Å².